The molecule has 2 heterocycles. The lowest BCUT2D eigenvalue weighted by Gasteiger charge is -2.43. The van der Waals surface area contributed by atoms with E-state index in [9.17, 15) is 14.4 Å². The fraction of sp³-hybridized carbons (Fsp3) is 0.683. The molecule has 0 unspecified atom stereocenters. The van der Waals surface area contributed by atoms with E-state index in [2.05, 4.69) is 53.8 Å². The lowest BCUT2D eigenvalue weighted by Crippen LogP contribution is -2.60. The molecule has 1 aromatic heterocycles. The Morgan fingerprint density at radius 1 is 1.04 bits per heavy atom. The fourth-order valence-corrected chi connectivity index (χ4v) is 9.10. The zero-order valence-electron chi connectivity index (χ0n) is 34.3. The number of methoxy groups -OCH3 is 2. The third-order valence-corrected chi connectivity index (χ3v) is 12.5. The number of hydrogen-bond donors (Lipinski definition) is 3. The minimum atomic E-state index is -0.618. The van der Waals surface area contributed by atoms with Crippen LogP contribution in [0.3, 0.4) is 0 Å². The largest absolute Gasteiger partial charge is 0.379 e. The minimum Gasteiger partial charge on any atom is -0.379 e. The van der Waals surface area contributed by atoms with Gasteiger partial charge in [-0.15, -0.1) is 11.3 Å². The van der Waals surface area contributed by atoms with Crippen LogP contribution in [-0.4, -0.2) is 109 Å². The van der Waals surface area contributed by atoms with Gasteiger partial charge >= 0.3 is 0 Å². The summed E-state index contributed by atoms with van der Waals surface area (Å²) in [4.78, 5) is 50.5. The number of likely N-dealkylation sites (tertiary alicyclic amines) is 1. The van der Waals surface area contributed by atoms with E-state index in [4.69, 9.17) is 21.7 Å². The number of ether oxygens (including phenoxy) is 2. The molecule has 54 heavy (non-hydrogen) atoms. The molecule has 13 heteroatoms. The van der Waals surface area contributed by atoms with Gasteiger partial charge in [0.1, 0.15) is 5.01 Å². The zero-order chi connectivity index (χ0) is 40.1. The number of thiocarbonyl (C=S) groups is 1. The molecule has 1 fully saturated rings. The van der Waals surface area contributed by atoms with E-state index in [-0.39, 0.29) is 72.0 Å². The molecule has 1 saturated heterocycles. The topological polar surface area (TPSA) is 125 Å². The molecule has 0 radical (unpaired) electrons. The van der Waals surface area contributed by atoms with Crippen molar-refractivity contribution in [2.24, 2.45) is 23.7 Å². The van der Waals surface area contributed by atoms with E-state index in [1.165, 1.54) is 5.56 Å². The molecular formula is C41H66N6O5S2. The highest BCUT2D eigenvalue weighted by Gasteiger charge is 2.43. The van der Waals surface area contributed by atoms with Crippen LogP contribution in [0.2, 0.25) is 0 Å². The number of carbonyl (C=O) groups excluding carboxylic acids is 3. The van der Waals surface area contributed by atoms with Gasteiger partial charge in [0.2, 0.25) is 17.7 Å². The Morgan fingerprint density at radius 3 is 2.26 bits per heavy atom. The van der Waals surface area contributed by atoms with Crippen molar-refractivity contribution in [3.05, 3.63) is 52.5 Å². The van der Waals surface area contributed by atoms with E-state index >= 15 is 0 Å². The number of thiazole rings is 1. The SMILES string of the molecule is CC[C@H](C)[C@@H]([C@@H](CC(=O)N1CCC[C@H]1[C@H](OC)[C@@H](C)C(=S)N[C@@H](Cc1ccccc1)c1nccs1)OC)N(C)[C@H](C(=O)NC(=O)[C@@H](NC)C(C)C)C(C)C. The highest BCUT2D eigenvalue weighted by molar-refractivity contribution is 7.80. The second kappa shape index (κ2) is 22.1. The summed E-state index contributed by atoms with van der Waals surface area (Å²) >= 11 is 7.65. The number of aromatic nitrogens is 1. The van der Waals surface area contributed by atoms with Crippen molar-refractivity contribution in [3.8, 4) is 0 Å². The van der Waals surface area contributed by atoms with E-state index < -0.39 is 18.2 Å². The summed E-state index contributed by atoms with van der Waals surface area (Å²) in [6.45, 7) is 14.7. The Labute approximate surface area is 333 Å². The van der Waals surface area contributed by atoms with E-state index in [1.807, 2.05) is 74.3 Å². The number of hydrogen-bond acceptors (Lipinski definition) is 10. The lowest BCUT2D eigenvalue weighted by atomic mass is 9.87. The molecule has 0 spiro atoms. The van der Waals surface area contributed by atoms with Crippen LogP contribution < -0.4 is 16.0 Å². The van der Waals surface area contributed by atoms with Crippen LogP contribution >= 0.6 is 23.6 Å². The van der Waals surface area contributed by atoms with Crippen molar-refractivity contribution < 1.29 is 23.9 Å². The van der Waals surface area contributed by atoms with E-state index in [1.54, 1.807) is 32.6 Å². The molecule has 11 nitrogen and oxygen atoms in total. The van der Waals surface area contributed by atoms with Crippen molar-refractivity contribution >= 4 is 46.3 Å². The Balaban J connectivity index is 1.79. The van der Waals surface area contributed by atoms with Gasteiger partial charge in [-0.2, -0.15) is 0 Å². The molecule has 0 bridgehead atoms. The minimum absolute atomic E-state index is 0.0109. The van der Waals surface area contributed by atoms with Crippen molar-refractivity contribution in [1.82, 2.24) is 30.7 Å². The molecule has 0 aliphatic carbocycles. The number of nitrogens with zero attached hydrogens (tertiary/aromatic N) is 3. The van der Waals surface area contributed by atoms with Crippen LogP contribution in [0.15, 0.2) is 41.9 Å². The summed E-state index contributed by atoms with van der Waals surface area (Å²) in [7, 11) is 6.96. The molecule has 9 atom stereocenters. The van der Waals surface area contributed by atoms with E-state index in [0.717, 1.165) is 30.7 Å². The molecule has 1 aliphatic heterocycles. The molecule has 1 aliphatic rings. The molecular weight excluding hydrogens is 721 g/mol. The number of benzene rings is 1. The molecule has 3 amide bonds. The summed E-state index contributed by atoms with van der Waals surface area (Å²) in [5.41, 5.74) is 1.19. The third kappa shape index (κ3) is 11.8. The quantitative estimate of drug-likeness (QED) is 0.137. The maximum atomic E-state index is 14.4. The first kappa shape index (κ1) is 45.6. The van der Waals surface area contributed by atoms with Crippen LogP contribution in [0.5, 0.6) is 0 Å². The maximum absolute atomic E-state index is 14.4. The summed E-state index contributed by atoms with van der Waals surface area (Å²) in [5.74, 6) is -0.900. The van der Waals surface area contributed by atoms with Crippen LogP contribution in [0, 0.1) is 23.7 Å². The van der Waals surface area contributed by atoms with Crippen molar-refractivity contribution in [2.75, 3.05) is 34.9 Å². The molecule has 3 rings (SSSR count). The number of amides is 3. The Morgan fingerprint density at radius 2 is 1.72 bits per heavy atom. The van der Waals surface area contributed by atoms with Gasteiger partial charge < -0.3 is 25.0 Å². The Kier molecular flexibility index (Phi) is 18.6. The van der Waals surface area contributed by atoms with Gasteiger partial charge in [0.05, 0.1) is 47.8 Å². The summed E-state index contributed by atoms with van der Waals surface area (Å²) in [6, 6.07) is 8.66. The highest BCUT2D eigenvalue weighted by atomic mass is 32.1. The second-order valence-electron chi connectivity index (χ2n) is 15.5. The van der Waals surface area contributed by atoms with Gasteiger partial charge in [0.25, 0.3) is 0 Å². The van der Waals surface area contributed by atoms with Gasteiger partial charge in [-0.1, -0.05) is 97.4 Å². The summed E-state index contributed by atoms with van der Waals surface area (Å²) in [6.07, 6.45) is 4.35. The van der Waals surface area contributed by atoms with Gasteiger partial charge in [0.15, 0.2) is 0 Å². The van der Waals surface area contributed by atoms with Crippen molar-refractivity contribution in [3.63, 3.8) is 0 Å². The monoisotopic (exact) mass is 786 g/mol. The average Bonchev–Trinajstić information content (AvgIpc) is 3.85. The van der Waals surface area contributed by atoms with Crippen LogP contribution in [-0.2, 0) is 30.3 Å². The van der Waals surface area contributed by atoms with Gasteiger partial charge in [-0.25, -0.2) is 4.98 Å². The van der Waals surface area contributed by atoms with Crippen molar-refractivity contribution in [1.29, 1.82) is 0 Å². The number of rotatable bonds is 21. The number of carbonyl (C=O) groups is 3. The summed E-state index contributed by atoms with van der Waals surface area (Å²) < 4.78 is 12.3. The van der Waals surface area contributed by atoms with Crippen LogP contribution in [0.1, 0.15) is 90.8 Å². The normalized spacial score (nSPS) is 19.2. The van der Waals surface area contributed by atoms with Crippen molar-refractivity contribution in [2.45, 2.75) is 123 Å². The van der Waals surface area contributed by atoms with Crippen LogP contribution in [0.4, 0.5) is 0 Å². The third-order valence-electron chi connectivity index (χ3n) is 11.1. The molecule has 1 aromatic carbocycles. The highest BCUT2D eigenvalue weighted by Crippen LogP contribution is 2.31. The molecule has 2 aromatic rings. The fourth-order valence-electron chi connectivity index (χ4n) is 8.14. The predicted octanol–water partition coefficient (Wildman–Crippen LogP) is 5.65. The Bertz CT molecular complexity index is 1460. The van der Waals surface area contributed by atoms with E-state index in [0.29, 0.717) is 11.5 Å². The number of likely N-dealkylation sites (N-methyl/N-ethyl adjacent to an activating group) is 2. The number of nitrogens with one attached hydrogen (secondary N) is 3. The van der Waals surface area contributed by atoms with Gasteiger partial charge in [0, 0.05) is 44.3 Å². The Hall–Kier alpha value is -2.81. The first-order valence-corrected chi connectivity index (χ1v) is 20.8. The van der Waals surface area contributed by atoms with Crippen LogP contribution in [0.25, 0.3) is 0 Å². The van der Waals surface area contributed by atoms with Gasteiger partial charge in [-0.05, 0) is 56.7 Å². The molecule has 3 N–H and O–H groups in total. The molecule has 302 valence electrons. The zero-order valence-corrected chi connectivity index (χ0v) is 36.0. The lowest BCUT2D eigenvalue weighted by molar-refractivity contribution is -0.141. The smallest absolute Gasteiger partial charge is 0.244 e. The molecule has 0 saturated carbocycles. The standard InChI is InChI=1S/C41H66N6O5S2/c1-12-27(6)36(46(9)35(26(4)5)39(50)45-38(49)34(42-8)25(2)3)32(51-10)24-33(48)47-21-16-19-31(47)37(52-11)28(7)40(53)44-30(41-43-20-22-54-41)23-29-17-14-13-15-18-29/h13-15,17-18,20,22,25-28,30-32,34-37,42H,12,16,19,21,23-24H2,1-11H3,(H,44,53)(H,45,49,50)/t27-,28+,30-,31-,32+,34-,35-,36-,37+/m0/s1. The van der Waals surface area contributed by atoms with Gasteiger partial charge in [-0.3, -0.25) is 24.6 Å². The first-order chi connectivity index (χ1) is 25.7. The average molecular weight is 787 g/mol. The number of imide groups is 1. The second-order valence-corrected chi connectivity index (χ2v) is 16.8. The maximum Gasteiger partial charge on any atom is 0.244 e. The predicted molar refractivity (Wildman–Crippen MR) is 221 cm³/mol. The first-order valence-electron chi connectivity index (χ1n) is 19.5. The summed E-state index contributed by atoms with van der Waals surface area (Å²) in [5, 5.41) is 12.2.